The molecule has 1 amide bonds. The SMILES string of the molecule is CC(C)CNC(=O)c1ccccc1-c1ncc(-c2cccc(Br)c2)o1. The smallest absolute Gasteiger partial charge is 0.252 e. The summed E-state index contributed by atoms with van der Waals surface area (Å²) < 4.78 is 6.88. The van der Waals surface area contributed by atoms with Crippen LogP contribution in [0.1, 0.15) is 24.2 Å². The van der Waals surface area contributed by atoms with Crippen molar-refractivity contribution in [1.29, 1.82) is 0 Å². The van der Waals surface area contributed by atoms with Gasteiger partial charge in [-0.05, 0) is 30.2 Å². The number of halogens is 1. The Labute approximate surface area is 155 Å². The molecule has 0 saturated carbocycles. The van der Waals surface area contributed by atoms with E-state index >= 15 is 0 Å². The predicted octanol–water partition coefficient (Wildman–Crippen LogP) is 5.16. The monoisotopic (exact) mass is 398 g/mol. The number of rotatable bonds is 5. The van der Waals surface area contributed by atoms with Crippen molar-refractivity contribution in [1.82, 2.24) is 10.3 Å². The second kappa shape index (κ2) is 7.66. The molecule has 0 unspecified atom stereocenters. The Morgan fingerprint density at radius 3 is 2.76 bits per heavy atom. The van der Waals surface area contributed by atoms with Gasteiger partial charge in [0.15, 0.2) is 5.76 Å². The van der Waals surface area contributed by atoms with E-state index in [4.69, 9.17) is 4.42 Å². The minimum atomic E-state index is -0.119. The highest BCUT2D eigenvalue weighted by molar-refractivity contribution is 9.10. The molecule has 0 atom stereocenters. The van der Waals surface area contributed by atoms with Crippen molar-refractivity contribution in [3.05, 3.63) is 64.8 Å². The van der Waals surface area contributed by atoms with Gasteiger partial charge >= 0.3 is 0 Å². The molecule has 0 aliphatic carbocycles. The summed E-state index contributed by atoms with van der Waals surface area (Å²) in [5.41, 5.74) is 2.17. The van der Waals surface area contributed by atoms with Crippen molar-refractivity contribution < 1.29 is 9.21 Å². The molecule has 128 valence electrons. The van der Waals surface area contributed by atoms with E-state index in [0.717, 1.165) is 10.0 Å². The summed E-state index contributed by atoms with van der Waals surface area (Å²) in [7, 11) is 0. The van der Waals surface area contributed by atoms with Crippen molar-refractivity contribution in [3.8, 4) is 22.8 Å². The molecule has 1 N–H and O–H groups in total. The lowest BCUT2D eigenvalue weighted by atomic mass is 10.1. The largest absolute Gasteiger partial charge is 0.436 e. The number of nitrogens with zero attached hydrogens (tertiary/aromatic N) is 1. The van der Waals surface area contributed by atoms with Crippen LogP contribution in [0.2, 0.25) is 0 Å². The van der Waals surface area contributed by atoms with Crippen LogP contribution in [0.15, 0.2) is 63.6 Å². The Bertz CT molecular complexity index is 887. The van der Waals surface area contributed by atoms with Crippen LogP contribution in [-0.4, -0.2) is 17.4 Å². The first-order valence-corrected chi connectivity index (χ1v) is 8.93. The molecule has 5 heteroatoms. The molecular weight excluding hydrogens is 380 g/mol. The first-order chi connectivity index (χ1) is 12.0. The van der Waals surface area contributed by atoms with E-state index in [1.807, 2.05) is 42.5 Å². The van der Waals surface area contributed by atoms with E-state index in [2.05, 4.69) is 40.1 Å². The standard InChI is InChI=1S/C20H19BrN2O2/c1-13(2)11-22-19(24)16-8-3-4-9-17(16)20-23-12-18(25-20)14-6-5-7-15(21)10-14/h3-10,12-13H,11H2,1-2H3,(H,22,24). The number of hydrogen-bond donors (Lipinski definition) is 1. The van der Waals surface area contributed by atoms with E-state index in [1.54, 1.807) is 12.3 Å². The van der Waals surface area contributed by atoms with Gasteiger partial charge in [0.1, 0.15) is 0 Å². The Morgan fingerprint density at radius 1 is 1.20 bits per heavy atom. The summed E-state index contributed by atoms with van der Waals surface area (Å²) in [5.74, 6) is 1.37. The van der Waals surface area contributed by atoms with Gasteiger partial charge in [0.25, 0.3) is 5.91 Å². The van der Waals surface area contributed by atoms with E-state index in [9.17, 15) is 4.79 Å². The molecular formula is C20H19BrN2O2. The number of hydrogen-bond acceptors (Lipinski definition) is 3. The highest BCUT2D eigenvalue weighted by Crippen LogP contribution is 2.29. The van der Waals surface area contributed by atoms with E-state index in [0.29, 0.717) is 35.2 Å². The lowest BCUT2D eigenvalue weighted by Gasteiger charge is -2.09. The number of carbonyl (C=O) groups excluding carboxylic acids is 1. The topological polar surface area (TPSA) is 55.1 Å². The summed E-state index contributed by atoms with van der Waals surface area (Å²) in [6.45, 7) is 4.75. The molecule has 0 aliphatic heterocycles. The fraction of sp³-hybridized carbons (Fsp3) is 0.200. The molecule has 0 aliphatic rings. The normalized spacial score (nSPS) is 10.9. The van der Waals surface area contributed by atoms with Gasteiger partial charge in [0.05, 0.1) is 11.8 Å². The number of carbonyl (C=O) groups is 1. The fourth-order valence-corrected chi connectivity index (χ4v) is 2.83. The Balaban J connectivity index is 1.91. The first-order valence-electron chi connectivity index (χ1n) is 8.14. The highest BCUT2D eigenvalue weighted by atomic mass is 79.9. The number of benzene rings is 2. The molecule has 0 saturated heterocycles. The van der Waals surface area contributed by atoms with Crippen LogP contribution in [-0.2, 0) is 0 Å². The zero-order valence-electron chi connectivity index (χ0n) is 14.1. The average molecular weight is 399 g/mol. The molecule has 3 rings (SSSR count). The van der Waals surface area contributed by atoms with E-state index < -0.39 is 0 Å². The fourth-order valence-electron chi connectivity index (χ4n) is 2.43. The first kappa shape index (κ1) is 17.4. The quantitative estimate of drug-likeness (QED) is 0.645. The van der Waals surface area contributed by atoms with E-state index in [-0.39, 0.29) is 5.91 Å². The third kappa shape index (κ3) is 4.17. The second-order valence-corrected chi connectivity index (χ2v) is 7.11. The van der Waals surface area contributed by atoms with Crippen molar-refractivity contribution in [3.63, 3.8) is 0 Å². The van der Waals surface area contributed by atoms with Gasteiger partial charge in [0.2, 0.25) is 5.89 Å². The molecule has 0 fully saturated rings. The molecule has 25 heavy (non-hydrogen) atoms. The van der Waals surface area contributed by atoms with Gasteiger partial charge in [-0.3, -0.25) is 4.79 Å². The zero-order valence-corrected chi connectivity index (χ0v) is 15.7. The molecule has 1 heterocycles. The maximum Gasteiger partial charge on any atom is 0.252 e. The van der Waals surface area contributed by atoms with Gasteiger partial charge < -0.3 is 9.73 Å². The zero-order chi connectivity index (χ0) is 17.8. The molecule has 2 aromatic carbocycles. The van der Waals surface area contributed by atoms with Crippen LogP contribution in [0, 0.1) is 5.92 Å². The third-order valence-electron chi connectivity index (χ3n) is 3.69. The van der Waals surface area contributed by atoms with E-state index in [1.165, 1.54) is 0 Å². The summed E-state index contributed by atoms with van der Waals surface area (Å²) >= 11 is 3.46. The molecule has 0 spiro atoms. The molecule has 0 radical (unpaired) electrons. The maximum absolute atomic E-state index is 12.5. The molecule has 4 nitrogen and oxygen atoms in total. The van der Waals surface area contributed by atoms with Crippen molar-refractivity contribution in [2.24, 2.45) is 5.92 Å². The van der Waals surface area contributed by atoms with Gasteiger partial charge in [-0.15, -0.1) is 0 Å². The van der Waals surface area contributed by atoms with Gasteiger partial charge in [0, 0.05) is 22.1 Å². The number of aromatic nitrogens is 1. The van der Waals surface area contributed by atoms with Crippen LogP contribution in [0.5, 0.6) is 0 Å². The summed E-state index contributed by atoms with van der Waals surface area (Å²) in [6.07, 6.45) is 1.68. The lowest BCUT2D eigenvalue weighted by Crippen LogP contribution is -2.27. The van der Waals surface area contributed by atoms with Gasteiger partial charge in [-0.25, -0.2) is 4.98 Å². The maximum atomic E-state index is 12.5. The summed E-state index contributed by atoms with van der Waals surface area (Å²) in [4.78, 5) is 16.8. The minimum absolute atomic E-state index is 0.119. The molecule has 3 aromatic rings. The highest BCUT2D eigenvalue weighted by Gasteiger charge is 2.17. The molecule has 0 bridgehead atoms. The van der Waals surface area contributed by atoms with Crippen LogP contribution >= 0.6 is 15.9 Å². The summed E-state index contributed by atoms with van der Waals surface area (Å²) in [6, 6.07) is 15.2. The van der Waals surface area contributed by atoms with Crippen molar-refractivity contribution in [2.75, 3.05) is 6.54 Å². The van der Waals surface area contributed by atoms with Crippen LogP contribution < -0.4 is 5.32 Å². The van der Waals surface area contributed by atoms with Crippen molar-refractivity contribution in [2.45, 2.75) is 13.8 Å². The van der Waals surface area contributed by atoms with Crippen LogP contribution in [0.4, 0.5) is 0 Å². The predicted molar refractivity (Wildman–Crippen MR) is 102 cm³/mol. The Kier molecular flexibility index (Phi) is 5.34. The third-order valence-corrected chi connectivity index (χ3v) is 4.18. The van der Waals surface area contributed by atoms with Crippen molar-refractivity contribution >= 4 is 21.8 Å². The average Bonchev–Trinajstić information content (AvgIpc) is 3.09. The minimum Gasteiger partial charge on any atom is -0.436 e. The second-order valence-electron chi connectivity index (χ2n) is 6.19. The van der Waals surface area contributed by atoms with Crippen LogP contribution in [0.25, 0.3) is 22.8 Å². The van der Waals surface area contributed by atoms with Crippen LogP contribution in [0.3, 0.4) is 0 Å². The Hall–Kier alpha value is -2.40. The molecule has 1 aromatic heterocycles. The van der Waals surface area contributed by atoms with Gasteiger partial charge in [-0.2, -0.15) is 0 Å². The number of nitrogens with one attached hydrogen (secondary N) is 1. The summed E-state index contributed by atoms with van der Waals surface area (Å²) in [5, 5.41) is 2.94. The number of amides is 1. The Morgan fingerprint density at radius 2 is 2.00 bits per heavy atom. The van der Waals surface area contributed by atoms with Gasteiger partial charge in [-0.1, -0.05) is 54.0 Å². The lowest BCUT2D eigenvalue weighted by molar-refractivity contribution is 0.0949. The number of oxazole rings is 1.